The second kappa shape index (κ2) is 6.13. The van der Waals surface area contributed by atoms with Gasteiger partial charge in [-0.3, -0.25) is 0 Å². The van der Waals surface area contributed by atoms with E-state index in [1.807, 2.05) is 24.3 Å². The SMILES string of the molecule is O=C(O)[C@H]1OC(Oc2ccc3ccccc3c2)[C@H](O)[C@@H](O)[C@@H]1O. The van der Waals surface area contributed by atoms with Gasteiger partial charge in [0.2, 0.25) is 6.29 Å². The predicted molar refractivity (Wildman–Crippen MR) is 78.9 cm³/mol. The van der Waals surface area contributed by atoms with Crippen molar-refractivity contribution in [1.29, 1.82) is 0 Å². The predicted octanol–water partition coefficient (Wildman–Crippen LogP) is 0.111. The first kappa shape index (κ1) is 15.7. The molecule has 0 spiro atoms. The number of carbonyl (C=O) groups is 1. The van der Waals surface area contributed by atoms with E-state index in [0.717, 1.165) is 10.8 Å². The van der Waals surface area contributed by atoms with Gasteiger partial charge in [-0.05, 0) is 22.9 Å². The summed E-state index contributed by atoms with van der Waals surface area (Å²) in [6, 6.07) is 12.7. The normalized spacial score (nSPS) is 31.0. The van der Waals surface area contributed by atoms with E-state index < -0.39 is 36.7 Å². The largest absolute Gasteiger partial charge is 0.479 e. The smallest absolute Gasteiger partial charge is 0.335 e. The topological polar surface area (TPSA) is 116 Å². The van der Waals surface area contributed by atoms with E-state index >= 15 is 0 Å². The maximum absolute atomic E-state index is 11.1. The number of carboxylic acids is 1. The van der Waals surface area contributed by atoms with Gasteiger partial charge in [-0.25, -0.2) is 4.79 Å². The first-order chi connectivity index (χ1) is 11.0. The van der Waals surface area contributed by atoms with Crippen molar-refractivity contribution >= 4 is 16.7 Å². The zero-order valence-corrected chi connectivity index (χ0v) is 11.9. The fourth-order valence-corrected chi connectivity index (χ4v) is 2.52. The minimum absolute atomic E-state index is 0.348. The van der Waals surface area contributed by atoms with Gasteiger partial charge >= 0.3 is 5.97 Å². The molecule has 7 heteroatoms. The van der Waals surface area contributed by atoms with Crippen LogP contribution < -0.4 is 4.74 Å². The van der Waals surface area contributed by atoms with Crippen molar-refractivity contribution in [2.24, 2.45) is 0 Å². The first-order valence-corrected chi connectivity index (χ1v) is 7.05. The average Bonchev–Trinajstić information content (AvgIpc) is 2.55. The summed E-state index contributed by atoms with van der Waals surface area (Å²) >= 11 is 0. The number of benzene rings is 2. The molecule has 0 saturated carbocycles. The lowest BCUT2D eigenvalue weighted by Crippen LogP contribution is -2.61. The fraction of sp³-hybridized carbons (Fsp3) is 0.312. The number of aliphatic carboxylic acids is 1. The van der Waals surface area contributed by atoms with Crippen LogP contribution in [0.25, 0.3) is 10.8 Å². The second-order valence-corrected chi connectivity index (χ2v) is 5.36. The van der Waals surface area contributed by atoms with Crippen molar-refractivity contribution in [3.05, 3.63) is 42.5 Å². The summed E-state index contributed by atoms with van der Waals surface area (Å²) in [5.41, 5.74) is 0. The summed E-state index contributed by atoms with van der Waals surface area (Å²) in [5, 5.41) is 40.2. The Labute approximate surface area is 131 Å². The van der Waals surface area contributed by atoms with Crippen LogP contribution in [0.15, 0.2) is 42.5 Å². The van der Waals surface area contributed by atoms with Gasteiger partial charge in [-0.2, -0.15) is 0 Å². The molecule has 0 bridgehead atoms. The Hall–Kier alpha value is -2.19. The van der Waals surface area contributed by atoms with Crippen LogP contribution in [0.1, 0.15) is 0 Å². The lowest BCUT2D eigenvalue weighted by Gasteiger charge is -2.38. The van der Waals surface area contributed by atoms with Crippen LogP contribution in [-0.4, -0.2) is 57.1 Å². The molecule has 3 rings (SSSR count). The maximum Gasteiger partial charge on any atom is 0.335 e. The molecule has 1 heterocycles. The molecule has 0 radical (unpaired) electrons. The molecule has 0 aliphatic carbocycles. The number of aliphatic hydroxyl groups is 3. The highest BCUT2D eigenvalue weighted by atomic mass is 16.7. The highest BCUT2D eigenvalue weighted by molar-refractivity contribution is 5.83. The standard InChI is InChI=1S/C16H16O7/c17-11-12(18)14(15(20)21)23-16(13(11)19)22-10-6-5-8-3-1-2-4-9(8)7-10/h1-7,11-14,16-19H,(H,20,21)/t11-,12-,13+,14-,16?/m0/s1. The van der Waals surface area contributed by atoms with E-state index in [9.17, 15) is 20.1 Å². The van der Waals surface area contributed by atoms with Crippen LogP contribution in [0.5, 0.6) is 5.75 Å². The van der Waals surface area contributed by atoms with Crippen molar-refractivity contribution in [3.8, 4) is 5.75 Å². The molecule has 122 valence electrons. The van der Waals surface area contributed by atoms with Crippen molar-refractivity contribution in [1.82, 2.24) is 0 Å². The van der Waals surface area contributed by atoms with E-state index in [-0.39, 0.29) is 0 Å². The Kier molecular flexibility index (Phi) is 4.18. The molecule has 1 saturated heterocycles. The van der Waals surface area contributed by atoms with Crippen LogP contribution in [0.3, 0.4) is 0 Å². The minimum Gasteiger partial charge on any atom is -0.479 e. The van der Waals surface area contributed by atoms with Crippen molar-refractivity contribution < 1.29 is 34.7 Å². The lowest BCUT2D eigenvalue weighted by molar-refractivity contribution is -0.271. The van der Waals surface area contributed by atoms with E-state index in [0.29, 0.717) is 5.75 Å². The average molecular weight is 320 g/mol. The number of carboxylic acid groups (broad SMARTS) is 1. The minimum atomic E-state index is -1.74. The van der Waals surface area contributed by atoms with Crippen LogP contribution in [0.2, 0.25) is 0 Å². The number of hydrogen-bond acceptors (Lipinski definition) is 6. The Balaban J connectivity index is 1.83. The van der Waals surface area contributed by atoms with Crippen molar-refractivity contribution in [2.75, 3.05) is 0 Å². The molecule has 23 heavy (non-hydrogen) atoms. The lowest BCUT2D eigenvalue weighted by atomic mass is 9.99. The maximum atomic E-state index is 11.1. The summed E-state index contributed by atoms with van der Waals surface area (Å²) in [5.74, 6) is -1.10. The molecule has 1 unspecified atom stereocenters. The van der Waals surface area contributed by atoms with Gasteiger partial charge in [0.1, 0.15) is 24.1 Å². The van der Waals surface area contributed by atoms with Gasteiger partial charge in [0.15, 0.2) is 6.10 Å². The van der Waals surface area contributed by atoms with Crippen molar-refractivity contribution in [2.45, 2.75) is 30.7 Å². The zero-order chi connectivity index (χ0) is 16.6. The number of ether oxygens (including phenoxy) is 2. The van der Waals surface area contributed by atoms with Crippen LogP contribution in [0.4, 0.5) is 0 Å². The molecule has 0 amide bonds. The second-order valence-electron chi connectivity index (χ2n) is 5.36. The van der Waals surface area contributed by atoms with Gasteiger partial charge in [-0.1, -0.05) is 30.3 Å². The molecular formula is C16H16O7. The summed E-state index contributed by atoms with van der Waals surface area (Å²) in [6.07, 6.45) is -8.09. The molecule has 2 aromatic carbocycles. The molecule has 2 aromatic rings. The summed E-state index contributed by atoms with van der Waals surface area (Å²) in [7, 11) is 0. The quantitative estimate of drug-likeness (QED) is 0.634. The molecule has 4 N–H and O–H groups in total. The third-order valence-electron chi connectivity index (χ3n) is 3.79. The van der Waals surface area contributed by atoms with Gasteiger partial charge in [0.25, 0.3) is 0 Å². The molecule has 1 aliphatic heterocycles. The number of rotatable bonds is 3. The van der Waals surface area contributed by atoms with Gasteiger partial charge in [0, 0.05) is 0 Å². The van der Waals surface area contributed by atoms with Gasteiger partial charge in [0.05, 0.1) is 0 Å². The Morgan fingerprint density at radius 1 is 0.957 bits per heavy atom. The van der Waals surface area contributed by atoms with E-state index in [1.54, 1.807) is 18.2 Å². The molecule has 0 aromatic heterocycles. The third-order valence-corrected chi connectivity index (χ3v) is 3.79. The molecule has 1 fully saturated rings. The number of aliphatic hydroxyl groups excluding tert-OH is 3. The first-order valence-electron chi connectivity index (χ1n) is 7.05. The van der Waals surface area contributed by atoms with E-state index in [1.165, 1.54) is 0 Å². The third kappa shape index (κ3) is 2.99. The summed E-state index contributed by atoms with van der Waals surface area (Å²) < 4.78 is 10.5. The highest BCUT2D eigenvalue weighted by Gasteiger charge is 2.48. The Morgan fingerprint density at radius 3 is 2.35 bits per heavy atom. The number of hydrogen-bond donors (Lipinski definition) is 4. The summed E-state index contributed by atoms with van der Waals surface area (Å²) in [4.78, 5) is 11.1. The van der Waals surface area contributed by atoms with E-state index in [2.05, 4.69) is 0 Å². The highest BCUT2D eigenvalue weighted by Crippen LogP contribution is 2.26. The molecule has 1 aliphatic rings. The van der Waals surface area contributed by atoms with Crippen molar-refractivity contribution in [3.63, 3.8) is 0 Å². The summed E-state index contributed by atoms with van der Waals surface area (Å²) in [6.45, 7) is 0. The van der Waals surface area contributed by atoms with Crippen LogP contribution in [-0.2, 0) is 9.53 Å². The van der Waals surface area contributed by atoms with Crippen LogP contribution >= 0.6 is 0 Å². The molecular weight excluding hydrogens is 304 g/mol. The fourth-order valence-electron chi connectivity index (χ4n) is 2.52. The van der Waals surface area contributed by atoms with Crippen LogP contribution in [0, 0.1) is 0 Å². The van der Waals surface area contributed by atoms with E-state index in [4.69, 9.17) is 14.6 Å². The Morgan fingerprint density at radius 2 is 1.65 bits per heavy atom. The van der Waals surface area contributed by atoms with Gasteiger partial charge in [-0.15, -0.1) is 0 Å². The monoisotopic (exact) mass is 320 g/mol. The molecule has 7 nitrogen and oxygen atoms in total. The zero-order valence-electron chi connectivity index (χ0n) is 11.9. The molecule has 5 atom stereocenters. The number of fused-ring (bicyclic) bond motifs is 1. The Bertz CT molecular complexity index is 716. The van der Waals surface area contributed by atoms with Gasteiger partial charge < -0.3 is 29.9 Å².